The predicted molar refractivity (Wildman–Crippen MR) is 87.3 cm³/mol. The van der Waals surface area contributed by atoms with Gasteiger partial charge in [0, 0.05) is 17.7 Å². The first-order valence-corrected chi connectivity index (χ1v) is 7.49. The summed E-state index contributed by atoms with van der Waals surface area (Å²) in [4.78, 5) is 18.9. The normalized spacial score (nSPS) is 19.7. The molecule has 0 fully saturated rings. The van der Waals surface area contributed by atoms with E-state index < -0.39 is 6.17 Å². The smallest absolute Gasteiger partial charge is 0.266 e. The van der Waals surface area contributed by atoms with E-state index in [-0.39, 0.29) is 5.91 Å². The van der Waals surface area contributed by atoms with Gasteiger partial charge in [0.15, 0.2) is 6.17 Å². The van der Waals surface area contributed by atoms with E-state index in [1.807, 2.05) is 30.3 Å². The highest BCUT2D eigenvalue weighted by atomic mass is 16.2. The molecule has 2 heterocycles. The Morgan fingerprint density at radius 1 is 1.23 bits per heavy atom. The average Bonchev–Trinajstić information content (AvgIpc) is 2.91. The minimum atomic E-state index is -0.839. The summed E-state index contributed by atoms with van der Waals surface area (Å²) in [5.41, 5.74) is 12.2. The molecule has 2 aromatic rings. The van der Waals surface area contributed by atoms with Gasteiger partial charge in [0.2, 0.25) is 0 Å². The molecule has 110 valence electrons. The van der Waals surface area contributed by atoms with E-state index in [2.05, 4.69) is 24.0 Å². The number of amides is 1. The molecule has 0 aliphatic carbocycles. The second kappa shape index (κ2) is 4.78. The highest BCUT2D eigenvalue weighted by Gasteiger charge is 2.35. The highest BCUT2D eigenvalue weighted by Crippen LogP contribution is 2.36. The molecule has 4 nitrogen and oxygen atoms in total. The van der Waals surface area contributed by atoms with Gasteiger partial charge in [-0.1, -0.05) is 42.0 Å². The van der Waals surface area contributed by atoms with E-state index in [1.165, 1.54) is 11.1 Å². The largest absolute Gasteiger partial charge is 0.308 e. The number of anilines is 1. The number of nitrogens with two attached hydrogens (primary N) is 1. The van der Waals surface area contributed by atoms with E-state index in [4.69, 9.17) is 5.73 Å². The summed E-state index contributed by atoms with van der Waals surface area (Å²) in [6, 6.07) is 14.2. The maximum Gasteiger partial charge on any atom is 0.266 e. The summed E-state index contributed by atoms with van der Waals surface area (Å²) in [6.45, 7) is 2.77. The Morgan fingerprint density at radius 3 is 2.77 bits per heavy atom. The highest BCUT2D eigenvalue weighted by molar-refractivity contribution is 6.21. The van der Waals surface area contributed by atoms with Crippen LogP contribution in [0, 0.1) is 6.92 Å². The van der Waals surface area contributed by atoms with Gasteiger partial charge in [0.1, 0.15) is 0 Å². The second-order valence-electron chi connectivity index (χ2n) is 5.85. The molecular formula is C18H17N3O. The van der Waals surface area contributed by atoms with Crippen LogP contribution in [0.25, 0.3) is 0 Å². The summed E-state index contributed by atoms with van der Waals surface area (Å²) in [6.07, 6.45) is 0.0405. The van der Waals surface area contributed by atoms with E-state index in [9.17, 15) is 4.79 Å². The average molecular weight is 291 g/mol. The predicted octanol–water partition coefficient (Wildman–Crippen LogP) is 2.02. The molecule has 2 aromatic carbocycles. The molecule has 4 rings (SSSR count). The number of aliphatic imine (C=N–C) groups is 1. The van der Waals surface area contributed by atoms with Crippen LogP contribution in [0.5, 0.6) is 0 Å². The number of hydrogen-bond acceptors (Lipinski definition) is 3. The molecule has 0 radical (unpaired) electrons. The fraction of sp³-hybridized carbons (Fsp3) is 0.222. The van der Waals surface area contributed by atoms with Crippen LogP contribution in [0.15, 0.2) is 47.5 Å². The fourth-order valence-electron chi connectivity index (χ4n) is 3.36. The van der Waals surface area contributed by atoms with Crippen LogP contribution < -0.4 is 10.6 Å². The van der Waals surface area contributed by atoms with Gasteiger partial charge < -0.3 is 10.6 Å². The molecule has 0 aromatic heterocycles. The Balaban J connectivity index is 2.02. The number of nitrogens with zero attached hydrogens (tertiary/aromatic N) is 2. The summed E-state index contributed by atoms with van der Waals surface area (Å²) in [5.74, 6) is -0.116. The molecule has 0 bridgehead atoms. The van der Waals surface area contributed by atoms with Gasteiger partial charge in [0.05, 0.1) is 11.4 Å². The number of benzene rings is 2. The Hall–Kier alpha value is -2.46. The van der Waals surface area contributed by atoms with E-state index in [1.54, 1.807) is 4.90 Å². The van der Waals surface area contributed by atoms with Gasteiger partial charge in [-0.3, -0.25) is 9.79 Å². The summed E-state index contributed by atoms with van der Waals surface area (Å²) in [5, 5.41) is 0. The van der Waals surface area contributed by atoms with Gasteiger partial charge in [-0.15, -0.1) is 0 Å². The van der Waals surface area contributed by atoms with Crippen molar-refractivity contribution < 1.29 is 4.79 Å². The topological polar surface area (TPSA) is 58.7 Å². The van der Waals surface area contributed by atoms with Crippen molar-refractivity contribution in [3.63, 3.8) is 0 Å². The minimum Gasteiger partial charge on any atom is -0.308 e. The van der Waals surface area contributed by atoms with Crippen molar-refractivity contribution in [2.24, 2.45) is 10.7 Å². The Kier molecular flexibility index (Phi) is 2.87. The van der Waals surface area contributed by atoms with Crippen molar-refractivity contribution in [3.8, 4) is 0 Å². The lowest BCUT2D eigenvalue weighted by molar-refractivity contribution is -0.119. The first-order valence-electron chi connectivity index (χ1n) is 7.49. The Morgan fingerprint density at radius 2 is 2.00 bits per heavy atom. The van der Waals surface area contributed by atoms with Crippen molar-refractivity contribution >= 4 is 17.3 Å². The molecule has 1 unspecified atom stereocenters. The third-order valence-electron chi connectivity index (χ3n) is 4.30. The van der Waals surface area contributed by atoms with Crippen LogP contribution in [0.4, 0.5) is 5.69 Å². The molecule has 1 atom stereocenters. The monoisotopic (exact) mass is 291 g/mol. The van der Waals surface area contributed by atoms with Gasteiger partial charge >= 0.3 is 0 Å². The molecular weight excluding hydrogens is 274 g/mol. The third-order valence-corrected chi connectivity index (χ3v) is 4.30. The van der Waals surface area contributed by atoms with Crippen LogP contribution in [-0.2, 0) is 11.2 Å². The van der Waals surface area contributed by atoms with Crippen LogP contribution in [0.1, 0.15) is 22.3 Å². The maximum absolute atomic E-state index is 12.5. The van der Waals surface area contributed by atoms with Gasteiger partial charge in [0.25, 0.3) is 5.91 Å². The quantitative estimate of drug-likeness (QED) is 0.874. The zero-order chi connectivity index (χ0) is 15.3. The molecule has 2 N–H and O–H groups in total. The van der Waals surface area contributed by atoms with Crippen molar-refractivity contribution in [1.29, 1.82) is 0 Å². The first kappa shape index (κ1) is 13.2. The van der Waals surface area contributed by atoms with Crippen LogP contribution in [-0.4, -0.2) is 24.3 Å². The van der Waals surface area contributed by atoms with Crippen LogP contribution in [0.3, 0.4) is 0 Å². The van der Waals surface area contributed by atoms with Crippen molar-refractivity contribution in [2.75, 3.05) is 11.4 Å². The molecule has 0 saturated heterocycles. The van der Waals surface area contributed by atoms with Crippen molar-refractivity contribution in [1.82, 2.24) is 0 Å². The molecule has 22 heavy (non-hydrogen) atoms. The van der Waals surface area contributed by atoms with E-state index in [0.717, 1.165) is 28.9 Å². The first-order chi connectivity index (χ1) is 10.6. The van der Waals surface area contributed by atoms with Crippen molar-refractivity contribution in [2.45, 2.75) is 19.5 Å². The Bertz CT molecular complexity index is 795. The van der Waals surface area contributed by atoms with Crippen LogP contribution >= 0.6 is 0 Å². The minimum absolute atomic E-state index is 0.116. The number of hydrogen-bond donors (Lipinski definition) is 1. The molecule has 1 amide bonds. The van der Waals surface area contributed by atoms with Gasteiger partial charge in [-0.25, -0.2) is 0 Å². The van der Waals surface area contributed by atoms with E-state index in [0.29, 0.717) is 6.54 Å². The lowest BCUT2D eigenvalue weighted by Crippen LogP contribution is -2.41. The zero-order valence-electron chi connectivity index (χ0n) is 12.4. The second-order valence-corrected chi connectivity index (χ2v) is 5.85. The molecule has 4 heteroatoms. The molecule has 2 aliphatic rings. The van der Waals surface area contributed by atoms with Crippen molar-refractivity contribution in [3.05, 3.63) is 64.7 Å². The lowest BCUT2D eigenvalue weighted by atomic mass is 9.96. The molecule has 0 saturated carbocycles. The number of carbonyl (C=O) groups excluding carboxylic acids is 1. The SMILES string of the molecule is Cc1cc2c3c(c1)C(c1ccccc1)=NC(N)C(=O)N3CC2. The van der Waals surface area contributed by atoms with Gasteiger partial charge in [-0.05, 0) is 25.0 Å². The number of aryl methyl sites for hydroxylation is 1. The standard InChI is InChI=1S/C18H17N3O/c1-11-9-13-7-8-21-16(13)14(10-11)15(20-17(19)18(21)22)12-5-3-2-4-6-12/h2-6,9-10,17H,7-8,19H2,1H3. The number of rotatable bonds is 1. The summed E-state index contributed by atoms with van der Waals surface area (Å²) >= 11 is 0. The maximum atomic E-state index is 12.5. The Labute approximate surface area is 129 Å². The summed E-state index contributed by atoms with van der Waals surface area (Å²) < 4.78 is 0. The van der Waals surface area contributed by atoms with Gasteiger partial charge in [-0.2, -0.15) is 0 Å². The lowest BCUT2D eigenvalue weighted by Gasteiger charge is -2.19. The molecule has 0 spiro atoms. The van der Waals surface area contributed by atoms with Crippen LogP contribution in [0.2, 0.25) is 0 Å². The third kappa shape index (κ3) is 1.88. The molecule has 2 aliphatic heterocycles. The zero-order valence-corrected chi connectivity index (χ0v) is 12.4. The number of carbonyl (C=O) groups is 1. The summed E-state index contributed by atoms with van der Waals surface area (Å²) in [7, 11) is 0. The van der Waals surface area contributed by atoms with E-state index >= 15 is 0 Å². The fourth-order valence-corrected chi connectivity index (χ4v) is 3.36.